The van der Waals surface area contributed by atoms with Crippen LogP contribution in [0.25, 0.3) is 0 Å². The van der Waals surface area contributed by atoms with Crippen LogP contribution in [0.1, 0.15) is 43.4 Å². The summed E-state index contributed by atoms with van der Waals surface area (Å²) in [6, 6.07) is 16.3. The van der Waals surface area contributed by atoms with Crippen LogP contribution in [0.5, 0.6) is 0 Å². The molecule has 44 heavy (non-hydrogen) atoms. The lowest BCUT2D eigenvalue weighted by Gasteiger charge is -2.26. The average Bonchev–Trinajstić information content (AvgIpc) is 3.06. The predicted molar refractivity (Wildman–Crippen MR) is 209 cm³/mol. The highest BCUT2D eigenvalue weighted by atomic mass is 15.1. The number of nitrogens with zero attached hydrogens (tertiary/aromatic N) is 3. The number of hydrogen-bond donors (Lipinski definition) is 1. The van der Waals surface area contributed by atoms with Crippen LogP contribution in [0.3, 0.4) is 0 Å². The number of hydrogen-bond acceptors (Lipinski definition) is 4. The van der Waals surface area contributed by atoms with Gasteiger partial charge in [-0.2, -0.15) is 0 Å². The number of anilines is 1. The first-order chi connectivity index (χ1) is 21.2. The van der Waals surface area contributed by atoms with E-state index in [-0.39, 0.29) is 0 Å². The molecule has 0 saturated carbocycles. The van der Waals surface area contributed by atoms with Crippen molar-refractivity contribution in [2.24, 2.45) is 0 Å². The molecule has 0 unspecified atom stereocenters. The number of aryl methyl sites for hydroxylation is 3. The largest absolute Gasteiger partial charge is 0.399 e. The van der Waals surface area contributed by atoms with Gasteiger partial charge in [0.05, 0.1) is 0 Å². The number of nitrogens with two attached hydrogens (primary N) is 1. The second kappa shape index (κ2) is 43.8. The third kappa shape index (κ3) is 40.5. The van der Waals surface area contributed by atoms with Gasteiger partial charge in [0.15, 0.2) is 0 Å². The van der Waals surface area contributed by atoms with E-state index in [1.807, 2.05) is 45.0 Å². The molecule has 250 valence electrons. The Hall–Kier alpha value is -3.62. The van der Waals surface area contributed by atoms with Gasteiger partial charge in [-0.3, -0.25) is 0 Å². The first-order valence-electron chi connectivity index (χ1n) is 15.1. The summed E-state index contributed by atoms with van der Waals surface area (Å²) in [4.78, 5) is 7.20. The van der Waals surface area contributed by atoms with Crippen molar-refractivity contribution in [2.45, 2.75) is 47.5 Å². The van der Waals surface area contributed by atoms with Crippen molar-refractivity contribution in [3.05, 3.63) is 130 Å². The molecule has 0 aliphatic carbocycles. The quantitative estimate of drug-likeness (QED) is 0.184. The molecule has 0 amide bonds. The molecule has 4 heteroatoms. The summed E-state index contributed by atoms with van der Waals surface area (Å²) >= 11 is 0. The molecule has 2 N–H and O–H groups in total. The SMILES string of the molecule is C#C.C=C.C=C.C=C.C=C.C=C1CN(C)CCCN(C)CCCN(C)C1.CC.Cc1ccc(C)cc1.Cc1ccc(N)cc1. The minimum absolute atomic E-state index is 0.829. The first-order valence-corrected chi connectivity index (χ1v) is 15.1. The van der Waals surface area contributed by atoms with E-state index in [0.29, 0.717) is 0 Å². The Balaban J connectivity index is -0.000000110. The van der Waals surface area contributed by atoms with E-state index < -0.39 is 0 Å². The van der Waals surface area contributed by atoms with Crippen LogP contribution in [0.15, 0.2) is 113 Å². The number of likely N-dealkylation sites (N-methyl/N-ethyl adjacent to an activating group) is 2. The van der Waals surface area contributed by atoms with E-state index in [2.05, 4.69) is 146 Å². The summed E-state index contributed by atoms with van der Waals surface area (Å²) < 4.78 is 0. The van der Waals surface area contributed by atoms with Crippen LogP contribution >= 0.6 is 0 Å². The van der Waals surface area contributed by atoms with E-state index in [4.69, 9.17) is 5.73 Å². The molecule has 1 fully saturated rings. The minimum atomic E-state index is 0.829. The smallest absolute Gasteiger partial charge is 0.0314 e. The summed E-state index contributed by atoms with van der Waals surface area (Å²) in [7, 11) is 6.61. The molecule has 0 bridgehead atoms. The van der Waals surface area contributed by atoms with Gasteiger partial charge in [0, 0.05) is 18.8 Å². The molecule has 2 aromatic carbocycles. The Bertz CT molecular complexity index is 742. The zero-order valence-corrected chi connectivity index (χ0v) is 30.2. The van der Waals surface area contributed by atoms with Gasteiger partial charge >= 0.3 is 0 Å². The molecular weight excluding hydrogens is 536 g/mol. The topological polar surface area (TPSA) is 35.7 Å². The van der Waals surface area contributed by atoms with Gasteiger partial charge in [-0.15, -0.1) is 65.5 Å². The maximum Gasteiger partial charge on any atom is 0.0314 e. The summed E-state index contributed by atoms with van der Waals surface area (Å²) in [5.41, 5.74) is 11.5. The molecule has 1 saturated heterocycles. The highest BCUT2D eigenvalue weighted by Gasteiger charge is 2.08. The molecule has 1 aliphatic rings. The van der Waals surface area contributed by atoms with Gasteiger partial charge in [-0.1, -0.05) is 73.5 Å². The lowest BCUT2D eigenvalue weighted by atomic mass is 10.2. The third-order valence-corrected chi connectivity index (χ3v) is 5.44. The Labute approximate surface area is 276 Å². The molecule has 0 atom stereocenters. The van der Waals surface area contributed by atoms with E-state index in [0.717, 1.165) is 18.8 Å². The lowest BCUT2D eigenvalue weighted by Crippen LogP contribution is -2.33. The Kier molecular flexibility index (Phi) is 52.8. The van der Waals surface area contributed by atoms with Gasteiger partial charge in [-0.05, 0) is 98.6 Å². The molecule has 0 spiro atoms. The zero-order valence-electron chi connectivity index (χ0n) is 30.2. The van der Waals surface area contributed by atoms with Crippen LogP contribution in [0.4, 0.5) is 5.69 Å². The monoisotopic (exact) mass is 607 g/mol. The van der Waals surface area contributed by atoms with Gasteiger partial charge in [0.2, 0.25) is 0 Å². The van der Waals surface area contributed by atoms with E-state index >= 15 is 0 Å². The van der Waals surface area contributed by atoms with Crippen LogP contribution in [-0.4, -0.2) is 75.1 Å². The Morgan fingerprint density at radius 2 is 0.750 bits per heavy atom. The fourth-order valence-corrected chi connectivity index (χ4v) is 3.51. The van der Waals surface area contributed by atoms with Gasteiger partial charge in [0.25, 0.3) is 0 Å². The molecule has 1 aliphatic heterocycles. The average molecular weight is 607 g/mol. The van der Waals surface area contributed by atoms with Crippen molar-refractivity contribution < 1.29 is 0 Å². The fraction of sp³-hybridized carbons (Fsp3) is 0.400. The highest BCUT2D eigenvalue weighted by Crippen LogP contribution is 2.03. The molecular formula is C40H70N4. The Morgan fingerprint density at radius 1 is 0.523 bits per heavy atom. The second-order valence-corrected chi connectivity index (χ2v) is 9.30. The molecule has 0 radical (unpaired) electrons. The standard InChI is InChI=1S/C13H27N3.C8H10.C7H9N.C2H6.4C2H4.C2H2/c1-13-11-15(3)9-5-7-14(2)8-6-10-16(4)12-13;1-7-3-5-8(2)6-4-7;1-6-2-4-7(8)5-3-6;6*1-2/h1,5-12H2,2-4H3;3-6H,1-2H3;2-5H,8H2,1H3;1-2H3;4*1-2H2;1-2H. The van der Waals surface area contributed by atoms with E-state index in [9.17, 15) is 0 Å². The summed E-state index contributed by atoms with van der Waals surface area (Å²) in [5, 5.41) is 0. The predicted octanol–water partition coefficient (Wildman–Crippen LogP) is 9.50. The first kappa shape index (κ1) is 53.0. The molecule has 0 aromatic heterocycles. The summed E-state index contributed by atoms with van der Waals surface area (Å²) in [6.45, 7) is 45.2. The molecule has 3 rings (SSSR count). The van der Waals surface area contributed by atoms with Crippen molar-refractivity contribution in [3.63, 3.8) is 0 Å². The maximum absolute atomic E-state index is 5.43. The number of benzene rings is 2. The lowest BCUT2D eigenvalue weighted by molar-refractivity contribution is 0.251. The van der Waals surface area contributed by atoms with Crippen LogP contribution in [0.2, 0.25) is 0 Å². The van der Waals surface area contributed by atoms with E-state index in [1.165, 1.54) is 61.3 Å². The maximum atomic E-state index is 5.43. The molecule has 2 aromatic rings. The van der Waals surface area contributed by atoms with Crippen LogP contribution in [0, 0.1) is 33.6 Å². The van der Waals surface area contributed by atoms with Gasteiger partial charge in [-0.25, -0.2) is 0 Å². The Morgan fingerprint density at radius 3 is 1.00 bits per heavy atom. The number of nitrogen functional groups attached to an aromatic ring is 1. The second-order valence-electron chi connectivity index (χ2n) is 9.30. The van der Waals surface area contributed by atoms with Crippen LogP contribution < -0.4 is 5.73 Å². The van der Waals surface area contributed by atoms with E-state index in [1.54, 1.807) is 0 Å². The van der Waals surface area contributed by atoms with Crippen LogP contribution in [-0.2, 0) is 0 Å². The number of terminal acetylenes is 1. The molecule has 4 nitrogen and oxygen atoms in total. The van der Waals surface area contributed by atoms with Gasteiger partial charge < -0.3 is 20.4 Å². The fourth-order valence-electron chi connectivity index (χ4n) is 3.51. The molecule has 1 heterocycles. The van der Waals surface area contributed by atoms with Crippen molar-refractivity contribution in [1.82, 2.24) is 14.7 Å². The summed E-state index contributed by atoms with van der Waals surface area (Å²) in [5.74, 6) is 0. The minimum Gasteiger partial charge on any atom is -0.399 e. The zero-order chi connectivity index (χ0) is 35.9. The van der Waals surface area contributed by atoms with Gasteiger partial charge in [0.1, 0.15) is 0 Å². The number of rotatable bonds is 0. The normalized spacial score (nSPS) is 13.0. The van der Waals surface area contributed by atoms with Crippen molar-refractivity contribution >= 4 is 5.69 Å². The van der Waals surface area contributed by atoms with Crippen molar-refractivity contribution in [3.8, 4) is 12.8 Å². The van der Waals surface area contributed by atoms with Crippen molar-refractivity contribution in [2.75, 3.05) is 66.1 Å². The van der Waals surface area contributed by atoms with Crippen molar-refractivity contribution in [1.29, 1.82) is 0 Å². The summed E-state index contributed by atoms with van der Waals surface area (Å²) in [6.07, 6.45) is 10.5. The third-order valence-electron chi connectivity index (χ3n) is 5.44. The highest BCUT2D eigenvalue weighted by molar-refractivity contribution is 5.38.